The molecule has 0 bridgehead atoms. The molecule has 0 radical (unpaired) electrons. The largest absolute Gasteiger partial charge is 0.455 e. The topological polar surface area (TPSA) is 109 Å². The van der Waals surface area contributed by atoms with Crippen LogP contribution in [-0.2, 0) is 9.59 Å². The SMILES string of the molecule is O=C(N/N=C\c1ccc(-c2ccc(Br)cc2)o1)C(=O)Nc1nnc(-c2ccccc2)s1. The molecule has 154 valence electrons. The molecule has 4 aromatic rings. The number of benzene rings is 2. The van der Waals surface area contributed by atoms with Crippen LogP contribution in [0.25, 0.3) is 21.9 Å². The van der Waals surface area contributed by atoms with Crippen molar-refractivity contribution in [1.82, 2.24) is 15.6 Å². The minimum atomic E-state index is -0.938. The van der Waals surface area contributed by atoms with Crippen LogP contribution in [0, 0.1) is 0 Å². The summed E-state index contributed by atoms with van der Waals surface area (Å²) in [6, 6.07) is 20.5. The van der Waals surface area contributed by atoms with Crippen molar-refractivity contribution in [2.24, 2.45) is 5.10 Å². The Labute approximate surface area is 189 Å². The van der Waals surface area contributed by atoms with E-state index in [4.69, 9.17) is 4.42 Å². The monoisotopic (exact) mass is 495 g/mol. The van der Waals surface area contributed by atoms with Gasteiger partial charge in [0.05, 0.1) is 6.21 Å². The van der Waals surface area contributed by atoms with E-state index in [2.05, 4.69) is 42.0 Å². The number of nitrogens with one attached hydrogen (secondary N) is 2. The predicted molar refractivity (Wildman–Crippen MR) is 122 cm³/mol. The molecule has 0 aliphatic heterocycles. The first-order valence-electron chi connectivity index (χ1n) is 8.97. The van der Waals surface area contributed by atoms with E-state index in [9.17, 15) is 9.59 Å². The van der Waals surface area contributed by atoms with Crippen molar-refractivity contribution < 1.29 is 14.0 Å². The minimum Gasteiger partial charge on any atom is -0.455 e. The van der Waals surface area contributed by atoms with Crippen LogP contribution in [0.4, 0.5) is 5.13 Å². The zero-order chi connectivity index (χ0) is 21.6. The first-order chi connectivity index (χ1) is 15.1. The molecule has 0 aliphatic rings. The van der Waals surface area contributed by atoms with Gasteiger partial charge in [-0.2, -0.15) is 5.10 Å². The molecular formula is C21H14BrN5O3S. The number of rotatable bonds is 5. The van der Waals surface area contributed by atoms with Gasteiger partial charge in [-0.3, -0.25) is 14.9 Å². The molecule has 0 saturated heterocycles. The van der Waals surface area contributed by atoms with Gasteiger partial charge in [-0.25, -0.2) is 5.43 Å². The highest BCUT2D eigenvalue weighted by Gasteiger charge is 2.16. The molecule has 0 saturated carbocycles. The smallest absolute Gasteiger partial charge is 0.329 e. The third-order valence-electron chi connectivity index (χ3n) is 3.99. The van der Waals surface area contributed by atoms with Gasteiger partial charge in [-0.05, 0) is 24.3 Å². The maximum Gasteiger partial charge on any atom is 0.329 e. The number of carbonyl (C=O) groups excluding carboxylic acids is 2. The number of carbonyl (C=O) groups is 2. The summed E-state index contributed by atoms with van der Waals surface area (Å²) in [5, 5.41) is 14.9. The van der Waals surface area contributed by atoms with Crippen LogP contribution in [-0.4, -0.2) is 28.2 Å². The van der Waals surface area contributed by atoms with Gasteiger partial charge in [0.2, 0.25) is 5.13 Å². The highest BCUT2D eigenvalue weighted by molar-refractivity contribution is 9.10. The molecule has 2 aromatic carbocycles. The molecule has 31 heavy (non-hydrogen) atoms. The van der Waals surface area contributed by atoms with Crippen molar-refractivity contribution in [3.63, 3.8) is 0 Å². The fourth-order valence-electron chi connectivity index (χ4n) is 2.52. The van der Waals surface area contributed by atoms with Crippen molar-refractivity contribution in [2.45, 2.75) is 0 Å². The lowest BCUT2D eigenvalue weighted by Crippen LogP contribution is -2.32. The molecule has 2 amide bonds. The molecule has 0 atom stereocenters. The highest BCUT2D eigenvalue weighted by Crippen LogP contribution is 2.26. The molecule has 2 N–H and O–H groups in total. The van der Waals surface area contributed by atoms with Gasteiger partial charge < -0.3 is 4.42 Å². The van der Waals surface area contributed by atoms with Crippen LogP contribution in [0.1, 0.15) is 5.76 Å². The second-order valence-electron chi connectivity index (χ2n) is 6.14. The number of furan rings is 1. The van der Waals surface area contributed by atoms with E-state index in [0.29, 0.717) is 16.5 Å². The van der Waals surface area contributed by atoms with Gasteiger partial charge in [-0.1, -0.05) is 69.7 Å². The van der Waals surface area contributed by atoms with Gasteiger partial charge >= 0.3 is 11.8 Å². The molecule has 4 rings (SSSR count). The molecule has 0 spiro atoms. The van der Waals surface area contributed by atoms with Crippen molar-refractivity contribution in [2.75, 3.05) is 5.32 Å². The van der Waals surface area contributed by atoms with E-state index in [1.54, 1.807) is 12.1 Å². The van der Waals surface area contributed by atoms with Gasteiger partial charge in [-0.15, -0.1) is 10.2 Å². The highest BCUT2D eigenvalue weighted by atomic mass is 79.9. The summed E-state index contributed by atoms with van der Waals surface area (Å²) in [6.07, 6.45) is 1.31. The Morgan fingerprint density at radius 1 is 0.935 bits per heavy atom. The van der Waals surface area contributed by atoms with E-state index in [1.165, 1.54) is 6.21 Å². The summed E-state index contributed by atoms with van der Waals surface area (Å²) in [5.74, 6) is -0.755. The van der Waals surface area contributed by atoms with E-state index in [1.807, 2.05) is 54.6 Å². The quantitative estimate of drug-likeness (QED) is 0.243. The number of aromatic nitrogens is 2. The Bertz CT molecular complexity index is 1240. The van der Waals surface area contributed by atoms with Crippen LogP contribution >= 0.6 is 27.3 Å². The van der Waals surface area contributed by atoms with Crippen molar-refractivity contribution in [1.29, 1.82) is 0 Å². The van der Waals surface area contributed by atoms with Crippen LogP contribution in [0.2, 0.25) is 0 Å². The number of hydrogen-bond donors (Lipinski definition) is 2. The Morgan fingerprint density at radius 3 is 2.48 bits per heavy atom. The summed E-state index contributed by atoms with van der Waals surface area (Å²) >= 11 is 4.55. The lowest BCUT2D eigenvalue weighted by molar-refractivity contribution is -0.136. The molecule has 2 aromatic heterocycles. The molecular weight excluding hydrogens is 482 g/mol. The third-order valence-corrected chi connectivity index (χ3v) is 5.40. The van der Waals surface area contributed by atoms with Crippen molar-refractivity contribution in [3.05, 3.63) is 77.0 Å². The maximum absolute atomic E-state index is 12.0. The Hall–Kier alpha value is -3.63. The summed E-state index contributed by atoms with van der Waals surface area (Å²) < 4.78 is 6.63. The first kappa shape index (κ1) is 20.6. The first-order valence-corrected chi connectivity index (χ1v) is 10.6. The van der Waals surface area contributed by atoms with Crippen molar-refractivity contribution >= 4 is 50.4 Å². The van der Waals surface area contributed by atoms with E-state index < -0.39 is 11.8 Å². The minimum absolute atomic E-state index is 0.216. The number of halogens is 1. The van der Waals surface area contributed by atoms with Crippen LogP contribution in [0.3, 0.4) is 0 Å². The van der Waals surface area contributed by atoms with E-state index in [-0.39, 0.29) is 5.13 Å². The van der Waals surface area contributed by atoms with Crippen LogP contribution < -0.4 is 10.7 Å². The molecule has 0 fully saturated rings. The Morgan fingerprint density at radius 2 is 1.71 bits per heavy atom. The van der Waals surface area contributed by atoms with Crippen molar-refractivity contribution in [3.8, 4) is 21.9 Å². The van der Waals surface area contributed by atoms with E-state index >= 15 is 0 Å². The molecule has 0 aliphatic carbocycles. The average Bonchev–Trinajstić information content (AvgIpc) is 3.45. The standard InChI is InChI=1S/C21H14BrN5O3S/c22-15-8-6-13(7-9-15)17-11-10-16(30-17)12-23-25-19(29)18(28)24-21-27-26-20(31-21)14-4-2-1-3-5-14/h1-12H,(H,25,29)(H,24,27,28)/b23-12-. The van der Waals surface area contributed by atoms with Gasteiger partial charge in [0.25, 0.3) is 0 Å². The van der Waals surface area contributed by atoms with E-state index in [0.717, 1.165) is 26.9 Å². The number of hydrogen-bond acceptors (Lipinski definition) is 7. The van der Waals surface area contributed by atoms with Crippen LogP contribution in [0.5, 0.6) is 0 Å². The normalized spacial score (nSPS) is 10.9. The Balaban J connectivity index is 1.31. The average molecular weight is 496 g/mol. The fourth-order valence-corrected chi connectivity index (χ4v) is 3.53. The second-order valence-corrected chi connectivity index (χ2v) is 8.03. The molecule has 2 heterocycles. The lowest BCUT2D eigenvalue weighted by atomic mass is 10.2. The number of anilines is 1. The number of nitrogens with zero attached hydrogens (tertiary/aromatic N) is 3. The summed E-state index contributed by atoms with van der Waals surface area (Å²) in [6.45, 7) is 0. The second kappa shape index (κ2) is 9.45. The molecule has 8 nitrogen and oxygen atoms in total. The van der Waals surface area contributed by atoms with Gasteiger partial charge in [0.1, 0.15) is 16.5 Å². The maximum atomic E-state index is 12.0. The molecule has 0 unspecified atom stereocenters. The van der Waals surface area contributed by atoms with Crippen LogP contribution in [0.15, 0.2) is 80.7 Å². The summed E-state index contributed by atoms with van der Waals surface area (Å²) in [5.41, 5.74) is 3.93. The predicted octanol–water partition coefficient (Wildman–Crippen LogP) is 4.32. The zero-order valence-corrected chi connectivity index (χ0v) is 18.2. The van der Waals surface area contributed by atoms with Gasteiger partial charge in [0.15, 0.2) is 0 Å². The van der Waals surface area contributed by atoms with Gasteiger partial charge in [0, 0.05) is 15.6 Å². The summed E-state index contributed by atoms with van der Waals surface area (Å²) in [7, 11) is 0. The number of amides is 2. The lowest BCUT2D eigenvalue weighted by Gasteiger charge is -1.99. The Kier molecular flexibility index (Phi) is 6.29. The fraction of sp³-hybridized carbons (Fsp3) is 0. The molecule has 10 heteroatoms. The third kappa shape index (κ3) is 5.30. The number of hydrazone groups is 1. The zero-order valence-electron chi connectivity index (χ0n) is 15.8. The summed E-state index contributed by atoms with van der Waals surface area (Å²) in [4.78, 5) is 24.0.